The van der Waals surface area contributed by atoms with Gasteiger partial charge in [0.1, 0.15) is 11.3 Å². The molecule has 0 spiro atoms. The van der Waals surface area contributed by atoms with Crippen LogP contribution in [-0.4, -0.2) is 20.1 Å². The summed E-state index contributed by atoms with van der Waals surface area (Å²) in [4.78, 5) is 23.9. The van der Waals surface area contributed by atoms with Gasteiger partial charge < -0.3 is 19.8 Å². The average Bonchev–Trinajstić information content (AvgIpc) is 2.69. The summed E-state index contributed by atoms with van der Waals surface area (Å²) in [6, 6.07) is 14.3. The lowest BCUT2D eigenvalue weighted by Crippen LogP contribution is -2.20. The van der Waals surface area contributed by atoms with E-state index >= 15 is 0 Å². The Kier molecular flexibility index (Phi) is 5.79. The number of halogens is 1. The van der Waals surface area contributed by atoms with E-state index in [4.69, 9.17) is 33.0 Å². The lowest BCUT2D eigenvalue weighted by Gasteiger charge is -2.12. The molecule has 2 aromatic carbocycles. The number of aromatic nitrogens is 3. The van der Waals surface area contributed by atoms with Gasteiger partial charge in [-0.25, -0.2) is 4.79 Å². The maximum Gasteiger partial charge on any atom is 0.336 e. The van der Waals surface area contributed by atoms with Gasteiger partial charge in [-0.3, -0.25) is 0 Å². The number of benzene rings is 2. The van der Waals surface area contributed by atoms with Crippen LogP contribution < -0.4 is 21.0 Å². The van der Waals surface area contributed by atoms with Crippen LogP contribution in [0.3, 0.4) is 0 Å². The van der Waals surface area contributed by atoms with E-state index in [1.165, 1.54) is 6.07 Å². The SMILES string of the molecule is Cc1cc2oc(=O)cc(C)c2cc1Oc1nc(Cl)nc(NC(=S)Nc2ccccc2)n1. The van der Waals surface area contributed by atoms with Gasteiger partial charge in [0.15, 0.2) is 5.11 Å². The number of hydrogen-bond donors (Lipinski definition) is 2. The third-order valence-electron chi connectivity index (χ3n) is 4.29. The molecule has 0 aliphatic rings. The van der Waals surface area contributed by atoms with Crippen molar-refractivity contribution >= 4 is 51.5 Å². The largest absolute Gasteiger partial charge is 0.424 e. The van der Waals surface area contributed by atoms with E-state index < -0.39 is 5.63 Å². The number of thiocarbonyl (C=S) groups is 1. The fourth-order valence-corrected chi connectivity index (χ4v) is 3.24. The second-order valence-corrected chi connectivity index (χ2v) is 7.37. The number of aryl methyl sites for hydroxylation is 2. The number of hydrogen-bond acceptors (Lipinski definition) is 7. The lowest BCUT2D eigenvalue weighted by atomic mass is 10.1. The second-order valence-electron chi connectivity index (χ2n) is 6.62. The van der Waals surface area contributed by atoms with Crippen LogP contribution in [0.15, 0.2) is 57.7 Å². The molecule has 0 unspecified atom stereocenters. The van der Waals surface area contributed by atoms with Gasteiger partial charge >= 0.3 is 11.6 Å². The normalized spacial score (nSPS) is 10.7. The number of para-hydroxylation sites is 1. The van der Waals surface area contributed by atoms with Crippen LogP contribution in [0.2, 0.25) is 5.28 Å². The molecule has 0 aliphatic carbocycles. The Morgan fingerprint density at radius 1 is 1.03 bits per heavy atom. The molecule has 2 heterocycles. The number of fused-ring (bicyclic) bond motifs is 1. The van der Waals surface area contributed by atoms with Gasteiger partial charge in [-0.05, 0) is 73.1 Å². The van der Waals surface area contributed by atoms with Gasteiger partial charge in [0, 0.05) is 17.1 Å². The summed E-state index contributed by atoms with van der Waals surface area (Å²) in [5, 5.41) is 6.85. The average molecular weight is 454 g/mol. The highest BCUT2D eigenvalue weighted by Gasteiger charge is 2.13. The van der Waals surface area contributed by atoms with Crippen LogP contribution in [0.4, 0.5) is 11.6 Å². The maximum atomic E-state index is 11.6. The van der Waals surface area contributed by atoms with Crippen molar-refractivity contribution in [2.45, 2.75) is 13.8 Å². The number of nitrogens with one attached hydrogen (secondary N) is 2. The Labute approximate surface area is 187 Å². The summed E-state index contributed by atoms with van der Waals surface area (Å²) in [6.45, 7) is 3.64. The van der Waals surface area contributed by atoms with Gasteiger partial charge in [-0.15, -0.1) is 0 Å². The Balaban J connectivity index is 1.58. The summed E-state index contributed by atoms with van der Waals surface area (Å²) in [7, 11) is 0. The van der Waals surface area contributed by atoms with Crippen molar-refractivity contribution in [3.05, 3.63) is 75.4 Å². The zero-order valence-corrected chi connectivity index (χ0v) is 18.0. The molecular weight excluding hydrogens is 438 g/mol. The molecule has 156 valence electrons. The van der Waals surface area contributed by atoms with Gasteiger partial charge in [0.2, 0.25) is 11.2 Å². The molecule has 0 amide bonds. The maximum absolute atomic E-state index is 11.6. The van der Waals surface area contributed by atoms with E-state index in [0.29, 0.717) is 11.3 Å². The van der Waals surface area contributed by atoms with E-state index in [1.807, 2.05) is 44.2 Å². The van der Waals surface area contributed by atoms with Crippen molar-refractivity contribution in [2.75, 3.05) is 10.6 Å². The Morgan fingerprint density at radius 3 is 2.58 bits per heavy atom. The van der Waals surface area contributed by atoms with Crippen molar-refractivity contribution in [1.82, 2.24) is 15.0 Å². The third kappa shape index (κ3) is 4.96. The fraction of sp³-hybridized carbons (Fsp3) is 0.0952. The first-order valence-corrected chi connectivity index (χ1v) is 9.93. The molecular formula is C21H16ClN5O3S. The molecule has 31 heavy (non-hydrogen) atoms. The molecule has 8 nitrogen and oxygen atoms in total. The van der Waals surface area contributed by atoms with Crippen LogP contribution in [0.1, 0.15) is 11.1 Å². The topological polar surface area (TPSA) is 102 Å². The molecule has 10 heteroatoms. The first-order chi connectivity index (χ1) is 14.9. The number of ether oxygens (including phenoxy) is 1. The summed E-state index contributed by atoms with van der Waals surface area (Å²) >= 11 is 11.3. The summed E-state index contributed by atoms with van der Waals surface area (Å²) in [6.07, 6.45) is 0. The molecule has 0 fully saturated rings. The molecule has 0 saturated carbocycles. The zero-order valence-electron chi connectivity index (χ0n) is 16.5. The standard InChI is InChI=1S/C21H16ClN5O3S/c1-11-9-17(28)29-16-8-12(2)15(10-14(11)16)30-20-25-18(22)24-19(26-20)27-21(31)23-13-6-4-3-5-7-13/h3-10H,1-2H3,(H2,23,24,25,26,27,31). The Morgan fingerprint density at radius 2 is 1.81 bits per heavy atom. The molecule has 0 atom stereocenters. The minimum atomic E-state index is -0.405. The third-order valence-corrected chi connectivity index (χ3v) is 4.67. The van der Waals surface area contributed by atoms with Crippen molar-refractivity contribution in [3.8, 4) is 11.8 Å². The van der Waals surface area contributed by atoms with Gasteiger partial charge in [0.05, 0.1) is 0 Å². The number of nitrogens with zero attached hydrogens (tertiary/aromatic N) is 3. The molecule has 0 radical (unpaired) electrons. The minimum Gasteiger partial charge on any atom is -0.424 e. The summed E-state index contributed by atoms with van der Waals surface area (Å²) in [5.74, 6) is 0.617. The second kappa shape index (κ2) is 8.66. The fourth-order valence-electron chi connectivity index (χ4n) is 2.87. The predicted molar refractivity (Wildman–Crippen MR) is 123 cm³/mol. The van der Waals surface area contributed by atoms with E-state index in [-0.39, 0.29) is 22.4 Å². The van der Waals surface area contributed by atoms with Crippen molar-refractivity contribution in [2.24, 2.45) is 0 Å². The van der Waals surface area contributed by atoms with Crippen LogP contribution in [-0.2, 0) is 0 Å². The quantitative estimate of drug-likeness (QED) is 0.331. The lowest BCUT2D eigenvalue weighted by molar-refractivity contribution is 0.437. The monoisotopic (exact) mass is 453 g/mol. The van der Waals surface area contributed by atoms with E-state index in [0.717, 1.165) is 22.2 Å². The first kappa shape index (κ1) is 20.7. The molecule has 4 rings (SSSR count). The minimum absolute atomic E-state index is 0.0116. The van der Waals surface area contributed by atoms with E-state index in [2.05, 4.69) is 25.6 Å². The van der Waals surface area contributed by atoms with Crippen LogP contribution in [0.5, 0.6) is 11.8 Å². The molecule has 2 aromatic heterocycles. The Hall–Kier alpha value is -3.56. The van der Waals surface area contributed by atoms with Gasteiger partial charge in [0.25, 0.3) is 0 Å². The van der Waals surface area contributed by atoms with Crippen LogP contribution in [0.25, 0.3) is 11.0 Å². The Bertz CT molecular complexity index is 1340. The van der Waals surface area contributed by atoms with Gasteiger partial charge in [-0.1, -0.05) is 18.2 Å². The number of anilines is 2. The molecule has 0 bridgehead atoms. The highest BCUT2D eigenvalue weighted by molar-refractivity contribution is 7.80. The number of rotatable bonds is 4. The zero-order chi connectivity index (χ0) is 22.0. The molecule has 4 aromatic rings. The molecule has 0 aliphatic heterocycles. The summed E-state index contributed by atoms with van der Waals surface area (Å²) < 4.78 is 11.1. The highest BCUT2D eigenvalue weighted by atomic mass is 35.5. The van der Waals surface area contributed by atoms with Crippen LogP contribution >= 0.6 is 23.8 Å². The van der Waals surface area contributed by atoms with Crippen molar-refractivity contribution < 1.29 is 9.15 Å². The smallest absolute Gasteiger partial charge is 0.336 e. The predicted octanol–water partition coefficient (Wildman–Crippen LogP) is 4.85. The van der Waals surface area contributed by atoms with Crippen LogP contribution in [0, 0.1) is 13.8 Å². The van der Waals surface area contributed by atoms with E-state index in [1.54, 1.807) is 12.1 Å². The van der Waals surface area contributed by atoms with E-state index in [9.17, 15) is 4.79 Å². The molecule has 2 N–H and O–H groups in total. The van der Waals surface area contributed by atoms with Gasteiger partial charge in [-0.2, -0.15) is 15.0 Å². The molecule has 0 saturated heterocycles. The highest BCUT2D eigenvalue weighted by Crippen LogP contribution is 2.29. The van der Waals surface area contributed by atoms with Crippen molar-refractivity contribution in [1.29, 1.82) is 0 Å². The first-order valence-electron chi connectivity index (χ1n) is 9.15. The van der Waals surface area contributed by atoms with Crippen molar-refractivity contribution in [3.63, 3.8) is 0 Å². The summed E-state index contributed by atoms with van der Waals surface area (Å²) in [5.41, 5.74) is 2.38.